The lowest BCUT2D eigenvalue weighted by atomic mass is 10.0. The van der Waals surface area contributed by atoms with E-state index in [1.165, 1.54) is 0 Å². The maximum Gasteiger partial charge on any atom is 0.249 e. The fourth-order valence-electron chi connectivity index (χ4n) is 2.87. The van der Waals surface area contributed by atoms with Gasteiger partial charge in [-0.2, -0.15) is 5.26 Å². The number of rotatable bonds is 6. The molecule has 1 heterocycles. The number of nitriles is 1. The summed E-state index contributed by atoms with van der Waals surface area (Å²) < 4.78 is 7.40. The molecule has 0 aliphatic carbocycles. The first-order valence-electron chi connectivity index (χ1n) is 8.06. The Kier molecular flexibility index (Phi) is 4.99. The van der Waals surface area contributed by atoms with E-state index in [2.05, 4.69) is 11.1 Å². The van der Waals surface area contributed by atoms with Crippen LogP contribution in [0.25, 0.3) is 0 Å². The van der Waals surface area contributed by atoms with Crippen LogP contribution >= 0.6 is 0 Å². The summed E-state index contributed by atoms with van der Waals surface area (Å²) in [5, 5.41) is 8.90. The van der Waals surface area contributed by atoms with Crippen molar-refractivity contribution in [1.29, 1.82) is 5.26 Å². The predicted molar refractivity (Wildman–Crippen MR) is 96.8 cm³/mol. The number of carbonyl (C=O) groups excluding carboxylic acids is 1. The molecule has 0 saturated heterocycles. The highest BCUT2D eigenvalue weighted by atomic mass is 16.5. The van der Waals surface area contributed by atoms with Gasteiger partial charge in [0.1, 0.15) is 5.75 Å². The first-order chi connectivity index (χ1) is 12.6. The molecule has 1 aromatic heterocycles. The number of methoxy groups -OCH3 is 1. The molecule has 0 radical (unpaired) electrons. The Morgan fingerprint density at radius 3 is 2.69 bits per heavy atom. The number of carbonyl (C=O) groups is 1. The molecule has 1 amide bonds. The van der Waals surface area contributed by atoms with Crippen LogP contribution in [0.1, 0.15) is 32.7 Å². The summed E-state index contributed by atoms with van der Waals surface area (Å²) in [5.74, 6) is 0.129. The van der Waals surface area contributed by atoms with Crippen molar-refractivity contribution in [3.05, 3.63) is 82.9 Å². The number of imidazole rings is 1. The molecule has 26 heavy (non-hydrogen) atoms. The van der Waals surface area contributed by atoms with Crippen molar-refractivity contribution in [3.8, 4) is 11.8 Å². The molecule has 2 aromatic carbocycles. The number of amides is 1. The first-order valence-corrected chi connectivity index (χ1v) is 8.06. The lowest BCUT2D eigenvalue weighted by molar-refractivity contribution is 0.0999. The lowest BCUT2D eigenvalue weighted by Gasteiger charge is -2.14. The molecule has 0 fully saturated rings. The van der Waals surface area contributed by atoms with Gasteiger partial charge < -0.3 is 15.0 Å². The molecule has 0 bridgehead atoms. The second kappa shape index (κ2) is 7.53. The van der Waals surface area contributed by atoms with Gasteiger partial charge in [-0.15, -0.1) is 0 Å². The van der Waals surface area contributed by atoms with Crippen LogP contribution in [0.15, 0.2) is 55.0 Å². The van der Waals surface area contributed by atoms with E-state index in [0.29, 0.717) is 29.8 Å². The van der Waals surface area contributed by atoms with Gasteiger partial charge >= 0.3 is 0 Å². The van der Waals surface area contributed by atoms with E-state index in [4.69, 9.17) is 15.7 Å². The van der Waals surface area contributed by atoms with Crippen LogP contribution in [-0.2, 0) is 13.0 Å². The molecule has 0 atom stereocenters. The third-order valence-corrected chi connectivity index (χ3v) is 4.21. The molecule has 130 valence electrons. The van der Waals surface area contributed by atoms with Gasteiger partial charge in [0.2, 0.25) is 5.91 Å². The molecule has 3 aromatic rings. The highest BCUT2D eigenvalue weighted by Gasteiger charge is 2.15. The SMILES string of the molecule is COc1cccc(C(N)=O)c1Cc1cncn1Cc1ccc(C#N)cc1. The molecule has 3 rings (SSSR count). The van der Waals surface area contributed by atoms with E-state index >= 15 is 0 Å². The Morgan fingerprint density at radius 1 is 1.27 bits per heavy atom. The third-order valence-electron chi connectivity index (χ3n) is 4.21. The summed E-state index contributed by atoms with van der Waals surface area (Å²) in [4.78, 5) is 16.0. The van der Waals surface area contributed by atoms with Gasteiger partial charge in [0.25, 0.3) is 0 Å². The van der Waals surface area contributed by atoms with Crippen molar-refractivity contribution >= 4 is 5.91 Å². The number of nitrogens with two attached hydrogens (primary N) is 1. The Labute approximate surface area is 151 Å². The zero-order valence-corrected chi connectivity index (χ0v) is 14.3. The summed E-state index contributed by atoms with van der Waals surface area (Å²) >= 11 is 0. The zero-order chi connectivity index (χ0) is 18.5. The normalized spacial score (nSPS) is 10.3. The third kappa shape index (κ3) is 3.57. The Balaban J connectivity index is 1.90. The molecular weight excluding hydrogens is 328 g/mol. The maximum atomic E-state index is 11.8. The Morgan fingerprint density at radius 2 is 2.04 bits per heavy atom. The summed E-state index contributed by atoms with van der Waals surface area (Å²) in [5.41, 5.74) is 9.30. The topological polar surface area (TPSA) is 93.9 Å². The van der Waals surface area contributed by atoms with Crippen molar-refractivity contribution in [2.45, 2.75) is 13.0 Å². The molecular formula is C20H18N4O2. The number of hydrogen-bond donors (Lipinski definition) is 1. The van der Waals surface area contributed by atoms with E-state index in [0.717, 1.165) is 16.8 Å². The number of aromatic nitrogens is 2. The van der Waals surface area contributed by atoms with Gasteiger partial charge in [0.15, 0.2) is 0 Å². The van der Waals surface area contributed by atoms with Crippen LogP contribution in [0, 0.1) is 11.3 Å². The molecule has 0 aliphatic heterocycles. The molecule has 2 N–H and O–H groups in total. The van der Waals surface area contributed by atoms with E-state index in [9.17, 15) is 4.79 Å². The molecule has 6 nitrogen and oxygen atoms in total. The largest absolute Gasteiger partial charge is 0.496 e. The minimum Gasteiger partial charge on any atom is -0.496 e. The number of hydrogen-bond acceptors (Lipinski definition) is 4. The van der Waals surface area contributed by atoms with Crippen molar-refractivity contribution in [2.75, 3.05) is 7.11 Å². The zero-order valence-electron chi connectivity index (χ0n) is 14.3. The Hall–Kier alpha value is -3.59. The minimum atomic E-state index is -0.489. The van der Waals surface area contributed by atoms with Gasteiger partial charge in [-0.05, 0) is 29.8 Å². The van der Waals surface area contributed by atoms with Crippen LogP contribution in [0.2, 0.25) is 0 Å². The van der Waals surface area contributed by atoms with E-state index < -0.39 is 5.91 Å². The Bertz CT molecular complexity index is 968. The lowest BCUT2D eigenvalue weighted by Crippen LogP contribution is -2.15. The van der Waals surface area contributed by atoms with Crippen molar-refractivity contribution in [2.24, 2.45) is 5.73 Å². The second-order valence-corrected chi connectivity index (χ2v) is 5.85. The van der Waals surface area contributed by atoms with Crippen LogP contribution < -0.4 is 10.5 Å². The van der Waals surface area contributed by atoms with Crippen molar-refractivity contribution < 1.29 is 9.53 Å². The predicted octanol–water partition coefficient (Wildman–Crippen LogP) is 2.50. The van der Waals surface area contributed by atoms with Crippen molar-refractivity contribution in [3.63, 3.8) is 0 Å². The van der Waals surface area contributed by atoms with E-state index in [-0.39, 0.29) is 0 Å². The quantitative estimate of drug-likeness (QED) is 0.742. The standard InChI is InChI=1S/C20H18N4O2/c1-26-19-4-2-3-17(20(22)25)18(19)9-16-11-23-13-24(16)12-15-7-5-14(10-21)6-8-15/h2-8,11,13H,9,12H2,1H3,(H2,22,25). The minimum absolute atomic E-state index is 0.440. The number of ether oxygens (including phenoxy) is 1. The number of nitrogens with zero attached hydrogens (tertiary/aromatic N) is 3. The molecule has 0 aliphatic rings. The summed E-state index contributed by atoms with van der Waals surface area (Å²) in [6.07, 6.45) is 3.98. The fourth-order valence-corrected chi connectivity index (χ4v) is 2.87. The highest BCUT2D eigenvalue weighted by Crippen LogP contribution is 2.25. The summed E-state index contributed by atoms with van der Waals surface area (Å²) in [6, 6.07) is 14.8. The molecule has 0 spiro atoms. The second-order valence-electron chi connectivity index (χ2n) is 5.85. The van der Waals surface area contributed by atoms with Crippen molar-refractivity contribution in [1.82, 2.24) is 9.55 Å². The molecule has 0 unspecified atom stereocenters. The average Bonchev–Trinajstić information content (AvgIpc) is 3.09. The van der Waals surface area contributed by atoms with Gasteiger partial charge in [0.05, 0.1) is 25.1 Å². The van der Waals surface area contributed by atoms with E-state index in [1.54, 1.807) is 43.9 Å². The van der Waals surface area contributed by atoms with Crippen LogP contribution in [0.4, 0.5) is 0 Å². The first kappa shape index (κ1) is 17.2. The average molecular weight is 346 g/mol. The van der Waals surface area contributed by atoms with Crippen LogP contribution in [0.3, 0.4) is 0 Å². The highest BCUT2D eigenvalue weighted by molar-refractivity contribution is 5.95. The molecule has 0 saturated carbocycles. The van der Waals surface area contributed by atoms with Crippen LogP contribution in [-0.4, -0.2) is 22.6 Å². The molecule has 6 heteroatoms. The van der Waals surface area contributed by atoms with Gasteiger partial charge in [-0.25, -0.2) is 4.98 Å². The maximum absolute atomic E-state index is 11.8. The van der Waals surface area contributed by atoms with Crippen LogP contribution in [0.5, 0.6) is 5.75 Å². The summed E-state index contributed by atoms with van der Waals surface area (Å²) in [6.45, 7) is 0.613. The summed E-state index contributed by atoms with van der Waals surface area (Å²) in [7, 11) is 1.57. The van der Waals surface area contributed by atoms with Gasteiger partial charge in [-0.1, -0.05) is 18.2 Å². The number of benzene rings is 2. The smallest absolute Gasteiger partial charge is 0.249 e. The fraction of sp³-hybridized carbons (Fsp3) is 0.150. The number of primary amides is 1. The van der Waals surface area contributed by atoms with Gasteiger partial charge in [0, 0.05) is 36.0 Å². The monoisotopic (exact) mass is 346 g/mol. The van der Waals surface area contributed by atoms with E-state index in [1.807, 2.05) is 22.8 Å². The van der Waals surface area contributed by atoms with Gasteiger partial charge in [-0.3, -0.25) is 4.79 Å².